The highest BCUT2D eigenvalue weighted by atomic mass is 35.5. The Morgan fingerprint density at radius 1 is 1.03 bits per heavy atom. The van der Waals surface area contributed by atoms with Crippen molar-refractivity contribution in [2.24, 2.45) is 4.99 Å². The number of benzene rings is 3. The maximum Gasteiger partial charge on any atom is 0.264 e. The van der Waals surface area contributed by atoms with Gasteiger partial charge in [-0.05, 0) is 84.4 Å². The lowest BCUT2D eigenvalue weighted by Gasteiger charge is -2.13. The number of methoxy groups -OCH3 is 1. The third-order valence-electron chi connectivity index (χ3n) is 4.88. The van der Waals surface area contributed by atoms with E-state index in [4.69, 9.17) is 37.4 Å². The standard InChI is InChI=1S/C26H22Cl2N2O4S/c1-3-33-20-10-8-19(9-11-20)29-26-30-25(31)23(35-26)14-17-12-21(28)24(22(13-17)32-2)34-15-16-4-6-18(27)7-5-16/h4-14H,3,15H2,1-2H3,(H,29,30,31)/b23-14+. The third kappa shape index (κ3) is 6.51. The van der Waals surface area contributed by atoms with E-state index in [9.17, 15) is 4.79 Å². The van der Waals surface area contributed by atoms with Gasteiger partial charge < -0.3 is 19.5 Å². The summed E-state index contributed by atoms with van der Waals surface area (Å²) in [5, 5.41) is 4.31. The lowest BCUT2D eigenvalue weighted by Crippen LogP contribution is -2.19. The van der Waals surface area contributed by atoms with Gasteiger partial charge in [0.25, 0.3) is 5.91 Å². The topological polar surface area (TPSA) is 69.2 Å². The molecule has 0 spiro atoms. The Bertz CT molecular complexity index is 1280. The first-order valence-corrected chi connectivity index (χ1v) is 12.3. The number of carbonyl (C=O) groups is 1. The van der Waals surface area contributed by atoms with E-state index in [2.05, 4.69) is 10.3 Å². The van der Waals surface area contributed by atoms with Gasteiger partial charge in [-0.25, -0.2) is 4.99 Å². The van der Waals surface area contributed by atoms with Gasteiger partial charge in [0.05, 0.1) is 29.3 Å². The zero-order valence-corrected chi connectivity index (χ0v) is 21.3. The Morgan fingerprint density at radius 2 is 1.77 bits per heavy atom. The second-order valence-electron chi connectivity index (χ2n) is 7.36. The molecule has 1 N–H and O–H groups in total. The minimum atomic E-state index is -0.238. The lowest BCUT2D eigenvalue weighted by atomic mass is 10.1. The van der Waals surface area contributed by atoms with Crippen molar-refractivity contribution in [1.82, 2.24) is 5.32 Å². The fourth-order valence-electron chi connectivity index (χ4n) is 3.23. The number of amides is 1. The van der Waals surface area contributed by atoms with Crippen LogP contribution in [-0.4, -0.2) is 24.8 Å². The van der Waals surface area contributed by atoms with Crippen LogP contribution in [-0.2, 0) is 11.4 Å². The number of hydrogen-bond donors (Lipinski definition) is 1. The minimum Gasteiger partial charge on any atom is -0.494 e. The molecule has 0 bridgehead atoms. The van der Waals surface area contributed by atoms with Gasteiger partial charge in [-0.15, -0.1) is 0 Å². The number of rotatable bonds is 8. The van der Waals surface area contributed by atoms with Crippen LogP contribution in [0.4, 0.5) is 5.69 Å². The van der Waals surface area contributed by atoms with Crippen molar-refractivity contribution in [2.75, 3.05) is 13.7 Å². The van der Waals surface area contributed by atoms with Crippen molar-refractivity contribution in [3.05, 3.63) is 86.7 Å². The second kappa shape index (κ2) is 11.5. The molecule has 180 valence electrons. The number of hydrogen-bond acceptors (Lipinski definition) is 6. The Morgan fingerprint density at radius 3 is 2.46 bits per heavy atom. The molecule has 0 saturated carbocycles. The summed E-state index contributed by atoms with van der Waals surface area (Å²) in [5.74, 6) is 1.42. The maximum atomic E-state index is 12.5. The predicted octanol–water partition coefficient (Wildman–Crippen LogP) is 6.87. The molecule has 0 atom stereocenters. The number of aliphatic imine (C=N–C) groups is 1. The molecule has 1 amide bonds. The number of ether oxygens (including phenoxy) is 3. The van der Waals surface area contributed by atoms with Gasteiger partial charge in [0, 0.05) is 5.02 Å². The summed E-state index contributed by atoms with van der Waals surface area (Å²) in [4.78, 5) is 17.5. The predicted molar refractivity (Wildman–Crippen MR) is 142 cm³/mol. The van der Waals surface area contributed by atoms with Crippen LogP contribution in [0.3, 0.4) is 0 Å². The summed E-state index contributed by atoms with van der Waals surface area (Å²) in [5.41, 5.74) is 2.35. The van der Waals surface area contributed by atoms with Crippen molar-refractivity contribution in [3.63, 3.8) is 0 Å². The molecule has 1 aliphatic heterocycles. The monoisotopic (exact) mass is 528 g/mol. The van der Waals surface area contributed by atoms with E-state index < -0.39 is 0 Å². The van der Waals surface area contributed by atoms with Gasteiger partial charge in [-0.3, -0.25) is 4.79 Å². The van der Waals surface area contributed by atoms with Gasteiger partial charge in [0.1, 0.15) is 12.4 Å². The van der Waals surface area contributed by atoms with Crippen molar-refractivity contribution >= 4 is 57.8 Å². The summed E-state index contributed by atoms with van der Waals surface area (Å²) < 4.78 is 16.8. The van der Waals surface area contributed by atoms with Gasteiger partial charge >= 0.3 is 0 Å². The Balaban J connectivity index is 1.49. The molecule has 1 heterocycles. The van der Waals surface area contributed by atoms with Gasteiger partial charge in [-0.1, -0.05) is 35.3 Å². The van der Waals surface area contributed by atoms with Crippen LogP contribution in [0.5, 0.6) is 17.2 Å². The van der Waals surface area contributed by atoms with E-state index in [1.54, 1.807) is 30.3 Å². The molecule has 6 nitrogen and oxygen atoms in total. The molecule has 3 aromatic rings. The molecule has 0 aliphatic carbocycles. The average Bonchev–Trinajstić information content (AvgIpc) is 3.18. The largest absolute Gasteiger partial charge is 0.494 e. The summed E-state index contributed by atoms with van der Waals surface area (Å²) >= 11 is 13.7. The van der Waals surface area contributed by atoms with E-state index in [0.717, 1.165) is 11.3 Å². The molecule has 1 saturated heterocycles. The molecule has 9 heteroatoms. The minimum absolute atomic E-state index is 0.238. The number of halogens is 2. The second-order valence-corrected chi connectivity index (χ2v) is 9.23. The highest BCUT2D eigenvalue weighted by molar-refractivity contribution is 8.18. The number of thioether (sulfide) groups is 1. The number of nitrogens with zero attached hydrogens (tertiary/aromatic N) is 1. The van der Waals surface area contributed by atoms with E-state index in [-0.39, 0.29) is 5.91 Å². The first-order chi connectivity index (χ1) is 16.9. The molecular formula is C26H22Cl2N2O4S. The summed E-state index contributed by atoms with van der Waals surface area (Å²) in [6.45, 7) is 2.83. The Labute approximate surface area is 217 Å². The van der Waals surface area contributed by atoms with Crippen LogP contribution in [0.15, 0.2) is 70.6 Å². The molecule has 0 radical (unpaired) electrons. The van der Waals surface area contributed by atoms with Crippen molar-refractivity contribution < 1.29 is 19.0 Å². The van der Waals surface area contributed by atoms with E-state index in [1.165, 1.54) is 18.9 Å². The Kier molecular flexibility index (Phi) is 8.23. The van der Waals surface area contributed by atoms with Gasteiger partial charge in [-0.2, -0.15) is 0 Å². The maximum absolute atomic E-state index is 12.5. The number of nitrogens with one attached hydrogen (secondary N) is 1. The molecular weight excluding hydrogens is 507 g/mol. The van der Waals surface area contributed by atoms with E-state index in [1.807, 2.05) is 43.3 Å². The van der Waals surface area contributed by atoms with Crippen LogP contribution < -0.4 is 19.5 Å². The lowest BCUT2D eigenvalue weighted by molar-refractivity contribution is -0.115. The average molecular weight is 529 g/mol. The summed E-state index contributed by atoms with van der Waals surface area (Å²) in [6, 6.07) is 18.2. The van der Waals surface area contributed by atoms with Crippen LogP contribution >= 0.6 is 35.0 Å². The summed E-state index contributed by atoms with van der Waals surface area (Å²) in [7, 11) is 1.54. The molecule has 4 rings (SSSR count). The number of carbonyl (C=O) groups excluding carboxylic acids is 1. The fraction of sp³-hybridized carbons (Fsp3) is 0.154. The van der Waals surface area contributed by atoms with Crippen molar-refractivity contribution in [1.29, 1.82) is 0 Å². The number of amidine groups is 1. The molecule has 1 fully saturated rings. The fourth-order valence-corrected chi connectivity index (χ4v) is 4.47. The van der Waals surface area contributed by atoms with E-state index in [0.29, 0.717) is 56.1 Å². The molecule has 0 unspecified atom stereocenters. The summed E-state index contributed by atoms with van der Waals surface area (Å²) in [6.07, 6.45) is 1.73. The van der Waals surface area contributed by atoms with Crippen LogP contribution in [0.25, 0.3) is 6.08 Å². The van der Waals surface area contributed by atoms with E-state index >= 15 is 0 Å². The Hall–Kier alpha value is -3.13. The van der Waals surface area contributed by atoms with Crippen LogP contribution in [0, 0.1) is 0 Å². The zero-order chi connectivity index (χ0) is 24.8. The quantitative estimate of drug-likeness (QED) is 0.323. The zero-order valence-electron chi connectivity index (χ0n) is 19.0. The molecule has 3 aromatic carbocycles. The third-order valence-corrected chi connectivity index (χ3v) is 6.32. The highest BCUT2D eigenvalue weighted by Gasteiger charge is 2.24. The van der Waals surface area contributed by atoms with Crippen LogP contribution in [0.1, 0.15) is 18.1 Å². The highest BCUT2D eigenvalue weighted by Crippen LogP contribution is 2.38. The normalized spacial score (nSPS) is 15.4. The van der Waals surface area contributed by atoms with Gasteiger partial charge in [0.15, 0.2) is 16.7 Å². The smallest absolute Gasteiger partial charge is 0.264 e. The molecule has 1 aliphatic rings. The van der Waals surface area contributed by atoms with Crippen molar-refractivity contribution in [2.45, 2.75) is 13.5 Å². The van der Waals surface area contributed by atoms with Gasteiger partial charge in [0.2, 0.25) is 0 Å². The first kappa shape index (κ1) is 25.0. The SMILES string of the molecule is CCOc1ccc(N=C2NC(=O)/C(=C\c3cc(Cl)c(OCc4ccc(Cl)cc4)c(OC)c3)S2)cc1. The molecule has 35 heavy (non-hydrogen) atoms. The van der Waals surface area contributed by atoms with Crippen molar-refractivity contribution in [3.8, 4) is 17.2 Å². The first-order valence-electron chi connectivity index (χ1n) is 10.7. The molecule has 0 aromatic heterocycles. The van der Waals surface area contributed by atoms with Crippen LogP contribution in [0.2, 0.25) is 10.0 Å².